The first-order valence-corrected chi connectivity index (χ1v) is 6.25. The minimum absolute atomic E-state index is 0.0862. The first-order valence-electron chi connectivity index (χ1n) is 6.25. The second kappa shape index (κ2) is 6.75. The molecule has 6 heteroatoms. The normalized spacial score (nSPS) is 13.6. The SMILES string of the molecule is CC(C)(C)C(=O)OC(OC(=O)NCCO)C(C)(C)C. The summed E-state index contributed by atoms with van der Waals surface area (Å²) in [4.78, 5) is 23.3. The van der Waals surface area contributed by atoms with E-state index in [0.717, 1.165) is 0 Å². The number of hydrogen-bond acceptors (Lipinski definition) is 5. The van der Waals surface area contributed by atoms with Crippen LogP contribution in [0.3, 0.4) is 0 Å². The molecule has 0 aliphatic carbocycles. The second-order valence-electron chi connectivity index (χ2n) is 6.41. The van der Waals surface area contributed by atoms with Crippen LogP contribution in [0.2, 0.25) is 0 Å². The zero-order valence-corrected chi connectivity index (χ0v) is 12.6. The molecule has 0 fully saturated rings. The van der Waals surface area contributed by atoms with Crippen LogP contribution >= 0.6 is 0 Å². The summed E-state index contributed by atoms with van der Waals surface area (Å²) < 4.78 is 10.3. The minimum Gasteiger partial charge on any atom is -0.424 e. The summed E-state index contributed by atoms with van der Waals surface area (Å²) in [5, 5.41) is 11.0. The number of hydrogen-bond donors (Lipinski definition) is 2. The number of alkyl carbamates (subject to hydrolysis) is 1. The predicted octanol–water partition coefficient (Wildman–Crippen LogP) is 1.67. The van der Waals surface area contributed by atoms with Gasteiger partial charge in [-0.1, -0.05) is 20.8 Å². The Morgan fingerprint density at radius 1 is 1.11 bits per heavy atom. The lowest BCUT2D eigenvalue weighted by Crippen LogP contribution is -2.41. The third-order valence-corrected chi connectivity index (χ3v) is 2.13. The topological polar surface area (TPSA) is 84.9 Å². The van der Waals surface area contributed by atoms with E-state index in [2.05, 4.69) is 5.32 Å². The maximum absolute atomic E-state index is 11.8. The molecule has 6 nitrogen and oxygen atoms in total. The van der Waals surface area contributed by atoms with Crippen molar-refractivity contribution >= 4 is 12.1 Å². The van der Waals surface area contributed by atoms with Crippen molar-refractivity contribution in [2.75, 3.05) is 13.2 Å². The molecule has 19 heavy (non-hydrogen) atoms. The van der Waals surface area contributed by atoms with Crippen molar-refractivity contribution in [3.8, 4) is 0 Å². The summed E-state index contributed by atoms with van der Waals surface area (Å²) in [6.07, 6.45) is -1.71. The largest absolute Gasteiger partial charge is 0.424 e. The Morgan fingerprint density at radius 2 is 1.63 bits per heavy atom. The van der Waals surface area contributed by atoms with Crippen molar-refractivity contribution in [1.29, 1.82) is 0 Å². The number of nitrogens with one attached hydrogen (secondary N) is 1. The van der Waals surface area contributed by atoms with Gasteiger partial charge in [0.2, 0.25) is 0 Å². The van der Waals surface area contributed by atoms with Gasteiger partial charge in [-0.15, -0.1) is 0 Å². The van der Waals surface area contributed by atoms with Crippen molar-refractivity contribution in [2.24, 2.45) is 10.8 Å². The molecule has 0 aromatic heterocycles. The van der Waals surface area contributed by atoms with Crippen LogP contribution in [0.4, 0.5) is 4.79 Å². The van der Waals surface area contributed by atoms with Crippen LogP contribution in [0, 0.1) is 10.8 Å². The number of rotatable bonds is 4. The molecule has 0 aromatic rings. The lowest BCUT2D eigenvalue weighted by molar-refractivity contribution is -0.194. The fourth-order valence-corrected chi connectivity index (χ4v) is 0.948. The van der Waals surface area contributed by atoms with E-state index >= 15 is 0 Å². The molecule has 0 aliphatic heterocycles. The van der Waals surface area contributed by atoms with Crippen LogP contribution in [0.15, 0.2) is 0 Å². The van der Waals surface area contributed by atoms with Crippen molar-refractivity contribution in [3.63, 3.8) is 0 Å². The van der Waals surface area contributed by atoms with Gasteiger partial charge in [-0.2, -0.15) is 0 Å². The fraction of sp³-hybridized carbons (Fsp3) is 0.846. The molecule has 0 bridgehead atoms. The van der Waals surface area contributed by atoms with E-state index in [9.17, 15) is 9.59 Å². The zero-order chi connectivity index (χ0) is 15.3. The van der Waals surface area contributed by atoms with Gasteiger partial charge in [-0.05, 0) is 20.8 Å². The number of esters is 1. The molecule has 112 valence electrons. The minimum atomic E-state index is -0.988. The number of carbonyl (C=O) groups excluding carboxylic acids is 2. The van der Waals surface area contributed by atoms with Crippen LogP contribution in [-0.2, 0) is 14.3 Å². The average Bonchev–Trinajstić information content (AvgIpc) is 2.22. The van der Waals surface area contributed by atoms with Crippen LogP contribution in [0.25, 0.3) is 0 Å². The highest BCUT2D eigenvalue weighted by Crippen LogP contribution is 2.26. The van der Waals surface area contributed by atoms with E-state index in [1.54, 1.807) is 41.5 Å². The van der Waals surface area contributed by atoms with E-state index in [-0.39, 0.29) is 13.2 Å². The van der Waals surface area contributed by atoms with Gasteiger partial charge in [0.05, 0.1) is 12.0 Å². The van der Waals surface area contributed by atoms with Crippen LogP contribution in [0.1, 0.15) is 41.5 Å². The maximum Gasteiger partial charge on any atom is 0.410 e. The predicted molar refractivity (Wildman–Crippen MR) is 70.4 cm³/mol. The van der Waals surface area contributed by atoms with Crippen LogP contribution in [-0.4, -0.2) is 36.6 Å². The van der Waals surface area contributed by atoms with Crippen molar-refractivity contribution in [2.45, 2.75) is 47.8 Å². The first kappa shape index (κ1) is 17.7. The average molecular weight is 275 g/mol. The molecule has 0 rings (SSSR count). The highest BCUT2D eigenvalue weighted by molar-refractivity contribution is 5.75. The molecule has 0 aromatic carbocycles. The molecule has 2 N–H and O–H groups in total. The van der Waals surface area contributed by atoms with Gasteiger partial charge in [-0.25, -0.2) is 4.79 Å². The summed E-state index contributed by atoms with van der Waals surface area (Å²) >= 11 is 0. The lowest BCUT2D eigenvalue weighted by Gasteiger charge is -2.31. The fourth-order valence-electron chi connectivity index (χ4n) is 0.948. The monoisotopic (exact) mass is 275 g/mol. The van der Waals surface area contributed by atoms with Crippen molar-refractivity contribution in [1.82, 2.24) is 5.32 Å². The molecule has 0 spiro atoms. The summed E-state index contributed by atoms with van der Waals surface area (Å²) in [6, 6.07) is 0. The van der Waals surface area contributed by atoms with Crippen LogP contribution in [0.5, 0.6) is 0 Å². The van der Waals surface area contributed by atoms with E-state index in [1.165, 1.54) is 0 Å². The smallest absolute Gasteiger partial charge is 0.410 e. The molecular weight excluding hydrogens is 250 g/mol. The Balaban J connectivity index is 4.67. The van der Waals surface area contributed by atoms with Crippen molar-refractivity contribution in [3.05, 3.63) is 0 Å². The quantitative estimate of drug-likeness (QED) is 0.602. The highest BCUT2D eigenvalue weighted by Gasteiger charge is 2.35. The van der Waals surface area contributed by atoms with Gasteiger partial charge in [0.15, 0.2) is 0 Å². The molecule has 0 heterocycles. The molecule has 1 atom stereocenters. The Labute approximate surface area is 114 Å². The molecule has 0 saturated heterocycles. The summed E-state index contributed by atoms with van der Waals surface area (Å²) in [5.41, 5.74) is -1.22. The van der Waals surface area contributed by atoms with E-state index in [1.807, 2.05) is 0 Å². The van der Waals surface area contributed by atoms with E-state index in [4.69, 9.17) is 14.6 Å². The van der Waals surface area contributed by atoms with E-state index < -0.39 is 29.2 Å². The first-order chi connectivity index (χ1) is 8.48. The summed E-state index contributed by atoms with van der Waals surface area (Å²) in [6.45, 7) is 10.5. The van der Waals surface area contributed by atoms with Gasteiger partial charge in [0.1, 0.15) is 0 Å². The maximum atomic E-state index is 11.8. The molecule has 0 saturated carbocycles. The van der Waals surface area contributed by atoms with Gasteiger partial charge in [0, 0.05) is 12.0 Å². The molecular formula is C13H25NO5. The Hall–Kier alpha value is -1.30. The third kappa shape index (κ3) is 7.00. The van der Waals surface area contributed by atoms with Crippen LogP contribution < -0.4 is 5.32 Å². The standard InChI is InChI=1S/C13H25NO5/c1-12(2,3)9(16)18-10(13(4,5)6)19-11(17)14-7-8-15/h10,15H,7-8H2,1-6H3,(H,14,17). The Morgan fingerprint density at radius 3 is 2.00 bits per heavy atom. The molecule has 0 aliphatic rings. The zero-order valence-electron chi connectivity index (χ0n) is 12.6. The Bertz CT molecular complexity index is 314. The number of aliphatic hydroxyl groups excluding tert-OH is 1. The van der Waals surface area contributed by atoms with Gasteiger partial charge in [0.25, 0.3) is 6.29 Å². The summed E-state index contributed by atoms with van der Waals surface area (Å²) in [7, 11) is 0. The third-order valence-electron chi connectivity index (χ3n) is 2.13. The second-order valence-corrected chi connectivity index (χ2v) is 6.41. The number of amides is 1. The molecule has 0 radical (unpaired) electrons. The molecule has 1 amide bonds. The number of ether oxygens (including phenoxy) is 2. The summed E-state index contributed by atoms with van der Waals surface area (Å²) in [5.74, 6) is -0.442. The lowest BCUT2D eigenvalue weighted by atomic mass is 9.94. The van der Waals surface area contributed by atoms with Gasteiger partial charge < -0.3 is 19.9 Å². The van der Waals surface area contributed by atoms with Gasteiger partial charge >= 0.3 is 12.1 Å². The van der Waals surface area contributed by atoms with Gasteiger partial charge in [-0.3, -0.25) is 4.79 Å². The number of carbonyl (C=O) groups is 2. The van der Waals surface area contributed by atoms with Crippen molar-refractivity contribution < 1.29 is 24.2 Å². The Kier molecular flexibility index (Phi) is 6.29. The molecule has 1 unspecified atom stereocenters. The number of aliphatic hydroxyl groups is 1. The highest BCUT2D eigenvalue weighted by atomic mass is 16.7. The van der Waals surface area contributed by atoms with E-state index in [0.29, 0.717) is 0 Å².